The van der Waals surface area contributed by atoms with E-state index < -0.39 is 10.0 Å². The average Bonchev–Trinajstić information content (AvgIpc) is 3.10. The summed E-state index contributed by atoms with van der Waals surface area (Å²) in [4.78, 5) is 3.93. The molecule has 28 heavy (non-hydrogen) atoms. The highest BCUT2D eigenvalue weighted by Crippen LogP contribution is 2.29. The summed E-state index contributed by atoms with van der Waals surface area (Å²) in [6.45, 7) is 0.345. The van der Waals surface area contributed by atoms with Crippen LogP contribution in [-0.2, 0) is 16.6 Å². The first-order chi connectivity index (χ1) is 13.3. The van der Waals surface area contributed by atoms with Crippen molar-refractivity contribution < 1.29 is 17.9 Å². The maximum Gasteiger partial charge on any atom is 0.267 e. The SMILES string of the molecule is COc1ccc(S(=O)(=O)Nc2ncn(Cc3ccc(Cl)c(Cl)c3)n2)c(OC)c1. The van der Waals surface area contributed by atoms with Crippen molar-refractivity contribution in [1.29, 1.82) is 0 Å². The molecule has 0 fully saturated rings. The Morgan fingerprint density at radius 1 is 1.07 bits per heavy atom. The third-order valence-electron chi connectivity index (χ3n) is 3.75. The maximum absolute atomic E-state index is 12.7. The van der Waals surface area contributed by atoms with Gasteiger partial charge in [0.1, 0.15) is 22.7 Å². The van der Waals surface area contributed by atoms with E-state index in [0.29, 0.717) is 22.3 Å². The van der Waals surface area contributed by atoms with E-state index >= 15 is 0 Å². The number of halogens is 2. The van der Waals surface area contributed by atoms with Crippen LogP contribution < -0.4 is 14.2 Å². The number of aromatic nitrogens is 3. The number of methoxy groups -OCH3 is 2. The van der Waals surface area contributed by atoms with Gasteiger partial charge in [-0.15, -0.1) is 5.10 Å². The molecule has 0 amide bonds. The highest BCUT2D eigenvalue weighted by molar-refractivity contribution is 7.92. The molecule has 0 aliphatic heterocycles. The lowest BCUT2D eigenvalue weighted by molar-refractivity contribution is 0.386. The highest BCUT2D eigenvalue weighted by atomic mass is 35.5. The first kappa shape index (κ1) is 20.2. The van der Waals surface area contributed by atoms with Crippen molar-refractivity contribution in [2.45, 2.75) is 11.4 Å². The van der Waals surface area contributed by atoms with Crippen LogP contribution in [0.1, 0.15) is 5.56 Å². The molecule has 1 heterocycles. The number of sulfonamides is 1. The fourth-order valence-corrected chi connectivity index (χ4v) is 3.83. The summed E-state index contributed by atoms with van der Waals surface area (Å²) in [6.07, 6.45) is 1.41. The minimum Gasteiger partial charge on any atom is -0.497 e. The Bertz CT molecular complexity index is 1100. The van der Waals surface area contributed by atoms with Gasteiger partial charge in [-0.3, -0.25) is 0 Å². The highest BCUT2D eigenvalue weighted by Gasteiger charge is 2.22. The summed E-state index contributed by atoms with van der Waals surface area (Å²) in [5, 5.41) is 5.00. The number of nitrogens with zero attached hydrogens (tertiary/aromatic N) is 3. The number of hydrogen-bond donors (Lipinski definition) is 1. The van der Waals surface area contributed by atoms with Gasteiger partial charge >= 0.3 is 0 Å². The Morgan fingerprint density at radius 2 is 1.86 bits per heavy atom. The van der Waals surface area contributed by atoms with Crippen molar-refractivity contribution in [1.82, 2.24) is 14.8 Å². The Hall–Kier alpha value is -2.49. The molecule has 148 valence electrons. The molecule has 0 aliphatic rings. The molecule has 3 aromatic rings. The van der Waals surface area contributed by atoms with Gasteiger partial charge in [0.05, 0.1) is 30.8 Å². The van der Waals surface area contributed by atoms with Gasteiger partial charge in [0, 0.05) is 6.07 Å². The third-order valence-corrected chi connectivity index (χ3v) is 5.86. The molecule has 1 N–H and O–H groups in total. The van der Waals surface area contributed by atoms with Gasteiger partial charge in [-0.1, -0.05) is 29.3 Å². The van der Waals surface area contributed by atoms with Crippen LogP contribution >= 0.6 is 23.2 Å². The zero-order chi connectivity index (χ0) is 20.3. The number of anilines is 1. The molecule has 0 radical (unpaired) electrons. The molecule has 11 heteroatoms. The van der Waals surface area contributed by atoms with Crippen molar-refractivity contribution in [2.75, 3.05) is 18.9 Å². The predicted molar refractivity (Wildman–Crippen MR) is 106 cm³/mol. The number of benzene rings is 2. The predicted octanol–water partition coefficient (Wildman–Crippen LogP) is 3.45. The van der Waals surface area contributed by atoms with E-state index in [-0.39, 0.29) is 16.6 Å². The largest absolute Gasteiger partial charge is 0.497 e. The van der Waals surface area contributed by atoms with Crippen LogP contribution in [-0.4, -0.2) is 37.4 Å². The number of hydrogen-bond acceptors (Lipinski definition) is 6. The van der Waals surface area contributed by atoms with Gasteiger partial charge in [-0.25, -0.2) is 17.8 Å². The average molecular weight is 443 g/mol. The molecule has 0 spiro atoms. The lowest BCUT2D eigenvalue weighted by Crippen LogP contribution is -2.15. The summed E-state index contributed by atoms with van der Waals surface area (Å²) < 4.78 is 39.4. The van der Waals surface area contributed by atoms with Gasteiger partial charge in [0.15, 0.2) is 0 Å². The molecular weight excluding hydrogens is 427 g/mol. The van der Waals surface area contributed by atoms with Gasteiger partial charge < -0.3 is 9.47 Å². The Balaban J connectivity index is 1.79. The Labute approximate surface area is 172 Å². The monoisotopic (exact) mass is 442 g/mol. The van der Waals surface area contributed by atoms with Gasteiger partial charge in [0.2, 0.25) is 0 Å². The smallest absolute Gasteiger partial charge is 0.267 e. The van der Waals surface area contributed by atoms with Crippen LogP contribution in [0.2, 0.25) is 10.0 Å². The number of ether oxygens (including phenoxy) is 2. The van der Waals surface area contributed by atoms with E-state index in [4.69, 9.17) is 32.7 Å². The normalized spacial score (nSPS) is 11.3. The van der Waals surface area contributed by atoms with E-state index in [1.165, 1.54) is 43.4 Å². The van der Waals surface area contributed by atoms with Crippen LogP contribution in [0.4, 0.5) is 5.95 Å². The summed E-state index contributed by atoms with van der Waals surface area (Å²) in [5.41, 5.74) is 0.838. The first-order valence-electron chi connectivity index (χ1n) is 7.90. The molecule has 0 saturated heterocycles. The second kappa shape index (κ2) is 8.26. The Kier molecular flexibility index (Phi) is 5.97. The maximum atomic E-state index is 12.7. The molecule has 1 aromatic heterocycles. The first-order valence-corrected chi connectivity index (χ1v) is 10.1. The van der Waals surface area contributed by atoms with Crippen molar-refractivity contribution >= 4 is 39.2 Å². The van der Waals surface area contributed by atoms with Crippen molar-refractivity contribution in [3.8, 4) is 11.5 Å². The standard InChI is InChI=1S/C17H16Cl2N4O4S/c1-26-12-4-6-16(15(8-12)27-2)28(24,25)22-17-20-10-23(21-17)9-11-3-5-13(18)14(19)7-11/h3-8,10H,9H2,1-2H3,(H,21,22). The van der Waals surface area contributed by atoms with Gasteiger partial charge in [-0.05, 0) is 29.8 Å². The minimum atomic E-state index is -3.96. The Morgan fingerprint density at radius 3 is 2.54 bits per heavy atom. The van der Waals surface area contributed by atoms with Crippen LogP contribution in [0, 0.1) is 0 Å². The number of rotatable bonds is 7. The zero-order valence-corrected chi connectivity index (χ0v) is 17.2. The fourth-order valence-electron chi connectivity index (χ4n) is 2.41. The van der Waals surface area contributed by atoms with Gasteiger partial charge in [0.25, 0.3) is 16.0 Å². The minimum absolute atomic E-state index is 0.0587. The summed E-state index contributed by atoms with van der Waals surface area (Å²) in [7, 11) is -1.11. The molecule has 8 nitrogen and oxygen atoms in total. The third kappa shape index (κ3) is 4.49. The molecule has 0 unspecified atom stereocenters. The van der Waals surface area contributed by atoms with Crippen molar-refractivity contribution in [2.24, 2.45) is 0 Å². The molecule has 0 atom stereocenters. The molecule has 0 saturated carbocycles. The van der Waals surface area contributed by atoms with E-state index in [2.05, 4.69) is 14.8 Å². The fraction of sp³-hybridized carbons (Fsp3) is 0.176. The molecule has 0 aliphatic carbocycles. The van der Waals surface area contributed by atoms with Crippen LogP contribution in [0.5, 0.6) is 11.5 Å². The van der Waals surface area contributed by atoms with Crippen molar-refractivity contribution in [3.05, 3.63) is 58.3 Å². The zero-order valence-electron chi connectivity index (χ0n) is 14.9. The molecule has 3 rings (SSSR count). The van der Waals surface area contributed by atoms with E-state index in [9.17, 15) is 8.42 Å². The molecular formula is C17H16Cl2N4O4S. The lowest BCUT2D eigenvalue weighted by Gasteiger charge is -2.11. The second-order valence-corrected chi connectivity index (χ2v) is 8.10. The number of nitrogens with one attached hydrogen (secondary N) is 1. The van der Waals surface area contributed by atoms with E-state index in [1.807, 2.05) is 0 Å². The molecule has 0 bridgehead atoms. The second-order valence-electron chi connectivity index (χ2n) is 5.64. The topological polar surface area (TPSA) is 95.3 Å². The molecule has 2 aromatic carbocycles. The quantitative estimate of drug-likeness (QED) is 0.601. The van der Waals surface area contributed by atoms with E-state index in [1.54, 1.807) is 18.2 Å². The lowest BCUT2D eigenvalue weighted by atomic mass is 10.2. The van der Waals surface area contributed by atoms with Gasteiger partial charge in [-0.2, -0.15) is 4.98 Å². The van der Waals surface area contributed by atoms with Crippen LogP contribution in [0.15, 0.2) is 47.6 Å². The van der Waals surface area contributed by atoms with E-state index in [0.717, 1.165) is 5.56 Å². The summed E-state index contributed by atoms with van der Waals surface area (Å²) in [5.74, 6) is 0.542. The van der Waals surface area contributed by atoms with Crippen molar-refractivity contribution in [3.63, 3.8) is 0 Å². The van der Waals surface area contributed by atoms with Crippen LogP contribution in [0.3, 0.4) is 0 Å². The summed E-state index contributed by atoms with van der Waals surface area (Å²) >= 11 is 11.9. The summed E-state index contributed by atoms with van der Waals surface area (Å²) in [6, 6.07) is 9.56. The van der Waals surface area contributed by atoms with Crippen LogP contribution in [0.25, 0.3) is 0 Å².